The lowest BCUT2D eigenvalue weighted by molar-refractivity contribution is -0.148. The fourth-order valence-electron chi connectivity index (χ4n) is 1.98. The summed E-state index contributed by atoms with van der Waals surface area (Å²) >= 11 is 0. The predicted molar refractivity (Wildman–Crippen MR) is 43.7 cm³/mol. The molecule has 0 spiro atoms. The second-order valence-electron chi connectivity index (χ2n) is 3.92. The molecule has 1 fully saturated rings. The molecule has 1 aliphatic carbocycles. The van der Waals surface area contributed by atoms with Crippen LogP contribution in [0.5, 0.6) is 0 Å². The summed E-state index contributed by atoms with van der Waals surface area (Å²) in [5, 5.41) is 8.84. The zero-order valence-electron chi connectivity index (χ0n) is 7.35. The molecule has 0 aromatic carbocycles. The van der Waals surface area contributed by atoms with Gasteiger partial charge in [-0.15, -0.1) is 0 Å². The van der Waals surface area contributed by atoms with E-state index in [0.717, 1.165) is 12.8 Å². The van der Waals surface area contributed by atoms with Crippen LogP contribution in [0.25, 0.3) is 0 Å². The Morgan fingerprint density at radius 3 is 2.75 bits per heavy atom. The van der Waals surface area contributed by atoms with Crippen LogP contribution in [-0.4, -0.2) is 17.8 Å². The van der Waals surface area contributed by atoms with Crippen LogP contribution in [0.1, 0.15) is 32.6 Å². The lowest BCUT2D eigenvalue weighted by Gasteiger charge is -2.36. The summed E-state index contributed by atoms with van der Waals surface area (Å²) in [5.41, 5.74) is -0.607. The van der Waals surface area contributed by atoms with Gasteiger partial charge in [0.15, 0.2) is 0 Å². The third-order valence-electron chi connectivity index (χ3n) is 2.94. The van der Waals surface area contributed by atoms with Crippen LogP contribution >= 0.6 is 0 Å². The summed E-state index contributed by atoms with van der Waals surface area (Å²) in [5.74, 6) is -1.31. The Balaban J connectivity index is 2.73. The molecular weight excluding hydrogens is 159 g/mol. The van der Waals surface area contributed by atoms with Crippen molar-refractivity contribution in [3.05, 3.63) is 0 Å². The van der Waals surface area contributed by atoms with E-state index in [1.165, 1.54) is 0 Å². The molecule has 1 rings (SSSR count). The number of carbonyl (C=O) groups is 1. The minimum Gasteiger partial charge on any atom is -0.481 e. The van der Waals surface area contributed by atoms with Crippen molar-refractivity contribution in [2.75, 3.05) is 6.67 Å². The van der Waals surface area contributed by atoms with Gasteiger partial charge < -0.3 is 5.11 Å². The molecule has 0 amide bonds. The van der Waals surface area contributed by atoms with Crippen molar-refractivity contribution in [2.45, 2.75) is 32.6 Å². The van der Waals surface area contributed by atoms with E-state index in [1.807, 2.05) is 0 Å². The van der Waals surface area contributed by atoms with E-state index in [4.69, 9.17) is 5.11 Å². The first kappa shape index (κ1) is 9.49. The van der Waals surface area contributed by atoms with Crippen molar-refractivity contribution >= 4 is 5.97 Å². The second kappa shape index (κ2) is 3.42. The third-order valence-corrected chi connectivity index (χ3v) is 2.94. The lowest BCUT2D eigenvalue weighted by atomic mass is 9.68. The van der Waals surface area contributed by atoms with Crippen LogP contribution in [0.3, 0.4) is 0 Å². The monoisotopic (exact) mass is 174 g/mol. The first-order valence-electron chi connectivity index (χ1n) is 4.39. The minimum atomic E-state index is -0.838. The summed E-state index contributed by atoms with van der Waals surface area (Å²) in [6.07, 6.45) is 3.23. The number of aliphatic carboxylic acids is 1. The van der Waals surface area contributed by atoms with Gasteiger partial charge in [0, 0.05) is 5.41 Å². The highest BCUT2D eigenvalue weighted by Crippen LogP contribution is 2.41. The molecular formula is C9H15FO2. The molecule has 12 heavy (non-hydrogen) atoms. The molecule has 0 bridgehead atoms. The molecule has 2 nitrogen and oxygen atoms in total. The standard InChI is InChI=1S/C9H15FO2/c1-9(6-10)5-3-2-4-7(9)8(11)12/h7H,2-6H2,1H3,(H,11,12). The maximum absolute atomic E-state index is 12.6. The van der Waals surface area contributed by atoms with Crippen LogP contribution < -0.4 is 0 Å². The van der Waals surface area contributed by atoms with E-state index in [-0.39, 0.29) is 0 Å². The molecule has 0 heterocycles. The highest BCUT2D eigenvalue weighted by molar-refractivity contribution is 5.71. The summed E-state index contributed by atoms with van der Waals surface area (Å²) in [4.78, 5) is 10.8. The van der Waals surface area contributed by atoms with Crippen molar-refractivity contribution < 1.29 is 14.3 Å². The van der Waals surface area contributed by atoms with E-state index in [0.29, 0.717) is 12.8 Å². The number of carboxylic acid groups (broad SMARTS) is 1. The molecule has 70 valence electrons. The van der Waals surface area contributed by atoms with E-state index in [2.05, 4.69) is 0 Å². The van der Waals surface area contributed by atoms with Gasteiger partial charge >= 0.3 is 5.97 Å². The quantitative estimate of drug-likeness (QED) is 0.697. The van der Waals surface area contributed by atoms with Crippen molar-refractivity contribution in [1.82, 2.24) is 0 Å². The SMILES string of the molecule is CC1(CF)CCCCC1C(=O)O. The highest BCUT2D eigenvalue weighted by atomic mass is 19.1. The molecule has 2 unspecified atom stereocenters. The van der Waals surface area contributed by atoms with Crippen LogP contribution in [0, 0.1) is 11.3 Å². The molecule has 0 aromatic rings. The average Bonchev–Trinajstić information content (AvgIpc) is 2.05. The molecule has 1 N–H and O–H groups in total. The summed E-state index contributed by atoms with van der Waals surface area (Å²) in [6, 6.07) is 0. The first-order chi connectivity index (χ1) is 5.60. The van der Waals surface area contributed by atoms with E-state index >= 15 is 0 Å². The first-order valence-corrected chi connectivity index (χ1v) is 4.39. The lowest BCUT2D eigenvalue weighted by Crippen LogP contribution is -2.37. The number of hydrogen-bond acceptors (Lipinski definition) is 1. The normalized spacial score (nSPS) is 36.3. The summed E-state index contributed by atoms with van der Waals surface area (Å²) < 4.78 is 12.6. The Kier molecular flexibility index (Phi) is 2.70. The minimum absolute atomic E-state index is 0.476. The Morgan fingerprint density at radius 2 is 2.33 bits per heavy atom. The summed E-state index contributed by atoms with van der Waals surface area (Å²) in [7, 11) is 0. The Morgan fingerprint density at radius 1 is 1.67 bits per heavy atom. The Bertz CT molecular complexity index is 181. The van der Waals surface area contributed by atoms with Gasteiger partial charge in [-0.05, 0) is 12.8 Å². The topological polar surface area (TPSA) is 37.3 Å². The number of halogens is 1. The Labute approximate surface area is 71.8 Å². The van der Waals surface area contributed by atoms with Gasteiger partial charge in [0.25, 0.3) is 0 Å². The van der Waals surface area contributed by atoms with E-state index < -0.39 is 24.0 Å². The number of alkyl halides is 1. The maximum Gasteiger partial charge on any atom is 0.307 e. The second-order valence-corrected chi connectivity index (χ2v) is 3.92. The molecule has 0 aliphatic heterocycles. The average molecular weight is 174 g/mol. The number of rotatable bonds is 2. The van der Waals surface area contributed by atoms with Crippen molar-refractivity contribution in [3.8, 4) is 0 Å². The van der Waals surface area contributed by atoms with Crippen molar-refractivity contribution in [3.63, 3.8) is 0 Å². The fourth-order valence-corrected chi connectivity index (χ4v) is 1.98. The molecule has 1 saturated carbocycles. The van der Waals surface area contributed by atoms with Crippen LogP contribution in [0.2, 0.25) is 0 Å². The molecule has 0 aromatic heterocycles. The summed E-state index contributed by atoms with van der Waals surface area (Å²) in [6.45, 7) is 1.23. The molecule has 0 radical (unpaired) electrons. The van der Waals surface area contributed by atoms with Crippen LogP contribution in [0.15, 0.2) is 0 Å². The van der Waals surface area contributed by atoms with Gasteiger partial charge in [0.1, 0.15) is 0 Å². The number of hydrogen-bond donors (Lipinski definition) is 1. The smallest absolute Gasteiger partial charge is 0.307 e. The zero-order chi connectivity index (χ0) is 9.19. The molecule has 0 saturated heterocycles. The van der Waals surface area contributed by atoms with Crippen LogP contribution in [-0.2, 0) is 4.79 Å². The largest absolute Gasteiger partial charge is 0.481 e. The van der Waals surface area contributed by atoms with Gasteiger partial charge in [0.05, 0.1) is 12.6 Å². The Hall–Kier alpha value is -0.600. The van der Waals surface area contributed by atoms with Gasteiger partial charge in [-0.3, -0.25) is 9.18 Å². The van der Waals surface area contributed by atoms with Gasteiger partial charge in [0.2, 0.25) is 0 Å². The van der Waals surface area contributed by atoms with E-state index in [1.54, 1.807) is 6.92 Å². The van der Waals surface area contributed by atoms with Crippen molar-refractivity contribution in [2.24, 2.45) is 11.3 Å². The van der Waals surface area contributed by atoms with Crippen LogP contribution in [0.4, 0.5) is 4.39 Å². The molecule has 3 heteroatoms. The molecule has 1 aliphatic rings. The van der Waals surface area contributed by atoms with Crippen molar-refractivity contribution in [1.29, 1.82) is 0 Å². The predicted octanol–water partition coefficient (Wildman–Crippen LogP) is 2.24. The third kappa shape index (κ3) is 1.59. The highest BCUT2D eigenvalue weighted by Gasteiger charge is 2.40. The van der Waals surface area contributed by atoms with Gasteiger partial charge in [-0.25, -0.2) is 0 Å². The van der Waals surface area contributed by atoms with Gasteiger partial charge in [-0.2, -0.15) is 0 Å². The zero-order valence-corrected chi connectivity index (χ0v) is 7.35. The number of carboxylic acids is 1. The van der Waals surface area contributed by atoms with Gasteiger partial charge in [-0.1, -0.05) is 19.8 Å². The maximum atomic E-state index is 12.6. The fraction of sp³-hybridized carbons (Fsp3) is 0.889. The molecule has 2 atom stereocenters. The van der Waals surface area contributed by atoms with E-state index in [9.17, 15) is 9.18 Å².